The predicted octanol–water partition coefficient (Wildman–Crippen LogP) is 2.96. The lowest BCUT2D eigenvalue weighted by Gasteiger charge is -2.18. The van der Waals surface area contributed by atoms with E-state index in [1.54, 1.807) is 14.0 Å². The highest BCUT2D eigenvalue weighted by Gasteiger charge is 2.63. The number of nitrogens with one attached hydrogen (secondary N) is 1. The smallest absolute Gasteiger partial charge is 0.311 e. The fourth-order valence-electron chi connectivity index (χ4n) is 2.39. The summed E-state index contributed by atoms with van der Waals surface area (Å²) in [6.07, 6.45) is -4.03. The highest BCUT2D eigenvalue weighted by Crippen LogP contribution is 2.60. The second-order valence-corrected chi connectivity index (χ2v) is 5.40. The van der Waals surface area contributed by atoms with Crippen LogP contribution >= 0.6 is 0 Å². The Bertz CT molecular complexity index is 530. The molecular formula is C13H18F3N3O. The summed E-state index contributed by atoms with van der Waals surface area (Å²) in [5.41, 5.74) is -0.170. The van der Waals surface area contributed by atoms with Gasteiger partial charge < -0.3 is 5.32 Å². The molecule has 1 fully saturated rings. The van der Waals surface area contributed by atoms with Crippen LogP contribution in [0.15, 0.2) is 0 Å². The predicted molar refractivity (Wildman–Crippen MR) is 68.3 cm³/mol. The third-order valence-corrected chi connectivity index (χ3v) is 3.93. The van der Waals surface area contributed by atoms with Crippen molar-refractivity contribution in [3.05, 3.63) is 11.3 Å². The highest BCUT2D eigenvalue weighted by atomic mass is 19.4. The highest BCUT2D eigenvalue weighted by molar-refractivity contribution is 5.91. The maximum absolute atomic E-state index is 12.8. The van der Waals surface area contributed by atoms with Gasteiger partial charge in [-0.1, -0.05) is 6.92 Å². The number of hydrogen-bond donors (Lipinski definition) is 1. The normalized spacial score (nSPS) is 17.1. The lowest BCUT2D eigenvalue weighted by atomic mass is 10.0. The van der Waals surface area contributed by atoms with E-state index >= 15 is 0 Å². The van der Waals surface area contributed by atoms with Gasteiger partial charge in [0.05, 0.1) is 11.1 Å². The number of hydrogen-bond acceptors (Lipinski definition) is 2. The maximum atomic E-state index is 12.8. The van der Waals surface area contributed by atoms with Crippen LogP contribution in [-0.4, -0.2) is 21.9 Å². The zero-order valence-electron chi connectivity index (χ0n) is 11.8. The van der Waals surface area contributed by atoms with E-state index in [1.807, 2.05) is 6.92 Å². The van der Waals surface area contributed by atoms with Crippen LogP contribution in [0.3, 0.4) is 0 Å². The van der Waals surface area contributed by atoms with Gasteiger partial charge in [-0.05, 0) is 26.2 Å². The van der Waals surface area contributed by atoms with E-state index in [1.165, 1.54) is 4.68 Å². The van der Waals surface area contributed by atoms with E-state index in [0.717, 1.165) is 11.3 Å². The number of halogens is 3. The summed E-state index contributed by atoms with van der Waals surface area (Å²) >= 11 is 0. The summed E-state index contributed by atoms with van der Waals surface area (Å²) in [7, 11) is 1.67. The molecule has 1 heterocycles. The minimum absolute atomic E-state index is 0.0362. The molecule has 112 valence electrons. The van der Waals surface area contributed by atoms with E-state index in [-0.39, 0.29) is 12.8 Å². The molecule has 20 heavy (non-hydrogen) atoms. The average molecular weight is 289 g/mol. The van der Waals surface area contributed by atoms with Crippen LogP contribution in [0.4, 0.5) is 19.0 Å². The summed E-state index contributed by atoms with van der Waals surface area (Å²) in [6, 6.07) is 0. The van der Waals surface area contributed by atoms with Crippen LogP contribution in [0.2, 0.25) is 0 Å². The van der Waals surface area contributed by atoms with Gasteiger partial charge in [-0.15, -0.1) is 0 Å². The van der Waals surface area contributed by atoms with Crippen LogP contribution in [0.1, 0.15) is 37.4 Å². The number of carbonyl (C=O) groups excluding carboxylic acids is 1. The molecular weight excluding hydrogens is 271 g/mol. The van der Waals surface area contributed by atoms with Gasteiger partial charge in [0.25, 0.3) is 0 Å². The van der Waals surface area contributed by atoms with Gasteiger partial charge in [0, 0.05) is 19.0 Å². The van der Waals surface area contributed by atoms with Crippen molar-refractivity contribution >= 4 is 11.7 Å². The Morgan fingerprint density at radius 3 is 2.45 bits per heavy atom. The minimum Gasteiger partial charge on any atom is -0.311 e. The standard InChI is InChI=1S/C13H18F3N3O/c1-4-9-8(2)11(19(3)18-9)17-10(20)7-12(5-6-12)13(14,15)16/h4-7H2,1-3H3,(H,17,20). The van der Waals surface area contributed by atoms with Crippen molar-refractivity contribution in [2.75, 3.05) is 5.32 Å². The van der Waals surface area contributed by atoms with Crippen LogP contribution < -0.4 is 5.32 Å². The zero-order valence-corrected chi connectivity index (χ0v) is 11.8. The first kappa shape index (κ1) is 14.9. The molecule has 1 aliphatic rings. The molecule has 0 saturated heterocycles. The molecule has 0 radical (unpaired) electrons. The molecule has 2 rings (SSSR count). The Morgan fingerprint density at radius 1 is 1.45 bits per heavy atom. The van der Waals surface area contributed by atoms with Crippen molar-refractivity contribution < 1.29 is 18.0 Å². The Morgan fingerprint density at radius 2 is 2.05 bits per heavy atom. The van der Waals surface area contributed by atoms with Gasteiger partial charge in [0.1, 0.15) is 5.82 Å². The van der Waals surface area contributed by atoms with Crippen molar-refractivity contribution in [2.45, 2.75) is 45.7 Å². The van der Waals surface area contributed by atoms with E-state index in [9.17, 15) is 18.0 Å². The van der Waals surface area contributed by atoms with Crippen LogP contribution in [0.25, 0.3) is 0 Å². The third-order valence-electron chi connectivity index (χ3n) is 3.93. The van der Waals surface area contributed by atoms with Gasteiger partial charge in [-0.2, -0.15) is 18.3 Å². The van der Waals surface area contributed by atoms with Gasteiger partial charge >= 0.3 is 6.18 Å². The Balaban J connectivity index is 2.08. The quantitative estimate of drug-likeness (QED) is 0.926. The molecule has 1 amide bonds. The summed E-state index contributed by atoms with van der Waals surface area (Å²) in [6.45, 7) is 3.74. The largest absolute Gasteiger partial charge is 0.395 e. The van der Waals surface area contributed by atoms with E-state index < -0.39 is 23.9 Å². The van der Waals surface area contributed by atoms with E-state index in [0.29, 0.717) is 12.2 Å². The van der Waals surface area contributed by atoms with Gasteiger partial charge in [0.2, 0.25) is 5.91 Å². The molecule has 0 atom stereocenters. The molecule has 0 spiro atoms. The lowest BCUT2D eigenvalue weighted by molar-refractivity contribution is -0.189. The van der Waals surface area contributed by atoms with E-state index in [4.69, 9.17) is 0 Å². The number of alkyl halides is 3. The number of aromatic nitrogens is 2. The van der Waals surface area contributed by atoms with Crippen LogP contribution in [0, 0.1) is 12.3 Å². The Hall–Kier alpha value is -1.53. The van der Waals surface area contributed by atoms with Crippen molar-refractivity contribution in [1.82, 2.24) is 9.78 Å². The maximum Gasteiger partial charge on any atom is 0.395 e. The number of nitrogens with zero attached hydrogens (tertiary/aromatic N) is 2. The SMILES string of the molecule is CCc1nn(C)c(NC(=O)CC2(C(F)(F)F)CC2)c1C. The molecule has 0 bridgehead atoms. The Labute approximate surface area is 115 Å². The van der Waals surface area contributed by atoms with Crippen molar-refractivity contribution in [3.8, 4) is 0 Å². The molecule has 0 unspecified atom stereocenters. The number of carbonyl (C=O) groups is 1. The fourth-order valence-corrected chi connectivity index (χ4v) is 2.39. The topological polar surface area (TPSA) is 46.9 Å². The number of rotatable bonds is 4. The number of amides is 1. The third kappa shape index (κ3) is 2.53. The second kappa shape index (κ2) is 4.79. The van der Waals surface area contributed by atoms with Crippen molar-refractivity contribution in [2.24, 2.45) is 12.5 Å². The van der Waals surface area contributed by atoms with Crippen LogP contribution in [0.5, 0.6) is 0 Å². The Kier molecular flexibility index (Phi) is 3.56. The average Bonchev–Trinajstić information content (AvgIpc) is 3.07. The molecule has 7 heteroatoms. The summed E-state index contributed by atoms with van der Waals surface area (Å²) in [5.74, 6) is -0.126. The molecule has 1 N–H and O–H groups in total. The van der Waals surface area contributed by atoms with Gasteiger partial charge in [0.15, 0.2) is 0 Å². The molecule has 1 saturated carbocycles. The molecule has 4 nitrogen and oxygen atoms in total. The number of anilines is 1. The van der Waals surface area contributed by atoms with E-state index in [2.05, 4.69) is 10.4 Å². The molecule has 0 aromatic carbocycles. The van der Waals surface area contributed by atoms with Gasteiger partial charge in [-0.25, -0.2) is 0 Å². The summed E-state index contributed by atoms with van der Waals surface area (Å²) in [4.78, 5) is 11.9. The summed E-state index contributed by atoms with van der Waals surface area (Å²) in [5, 5.41) is 6.79. The number of aryl methyl sites for hydroxylation is 2. The molecule has 1 aliphatic carbocycles. The first-order valence-electron chi connectivity index (χ1n) is 6.59. The first-order valence-corrected chi connectivity index (χ1v) is 6.59. The first-order chi connectivity index (χ1) is 9.20. The van der Waals surface area contributed by atoms with Gasteiger partial charge in [-0.3, -0.25) is 9.48 Å². The fraction of sp³-hybridized carbons (Fsp3) is 0.692. The molecule has 0 aliphatic heterocycles. The summed E-state index contributed by atoms with van der Waals surface area (Å²) < 4.78 is 39.9. The van der Waals surface area contributed by atoms with Crippen molar-refractivity contribution in [1.29, 1.82) is 0 Å². The molecule has 1 aromatic heterocycles. The zero-order chi connectivity index (χ0) is 15.1. The molecule has 1 aromatic rings. The minimum atomic E-state index is -4.31. The lowest BCUT2D eigenvalue weighted by Crippen LogP contribution is -2.30. The second-order valence-electron chi connectivity index (χ2n) is 5.40. The monoisotopic (exact) mass is 289 g/mol. The van der Waals surface area contributed by atoms with Crippen LogP contribution in [-0.2, 0) is 18.3 Å². The van der Waals surface area contributed by atoms with Crippen molar-refractivity contribution in [3.63, 3.8) is 0 Å².